The first kappa shape index (κ1) is 21.7. The molecular weight excluding hydrogens is 403 g/mol. The van der Waals surface area contributed by atoms with Gasteiger partial charge in [0.1, 0.15) is 0 Å². The molecule has 1 aliphatic heterocycles. The third-order valence-electron chi connectivity index (χ3n) is 6.93. The van der Waals surface area contributed by atoms with Crippen molar-refractivity contribution in [1.82, 2.24) is 0 Å². The Kier molecular flexibility index (Phi) is 5.48. The van der Waals surface area contributed by atoms with E-state index >= 15 is 0 Å². The fourth-order valence-electron chi connectivity index (χ4n) is 4.21. The van der Waals surface area contributed by atoms with E-state index in [2.05, 4.69) is 125 Å². The van der Waals surface area contributed by atoms with Crippen molar-refractivity contribution in [3.63, 3.8) is 0 Å². The normalized spacial score (nSPS) is 16.7. The summed E-state index contributed by atoms with van der Waals surface area (Å²) in [5.41, 5.74) is 7.58. The molecule has 2 nitrogen and oxygen atoms in total. The summed E-state index contributed by atoms with van der Waals surface area (Å²) in [7, 11) is -0.352. The molecule has 164 valence electrons. The van der Waals surface area contributed by atoms with Gasteiger partial charge in [0.15, 0.2) is 0 Å². The van der Waals surface area contributed by atoms with Crippen molar-refractivity contribution >= 4 is 12.6 Å². The van der Waals surface area contributed by atoms with E-state index in [1.165, 1.54) is 27.8 Å². The van der Waals surface area contributed by atoms with E-state index in [-0.39, 0.29) is 18.3 Å². The van der Waals surface area contributed by atoms with Crippen LogP contribution >= 0.6 is 0 Å². The molecular formula is C30H29BO2. The van der Waals surface area contributed by atoms with Crippen LogP contribution in [0.3, 0.4) is 0 Å². The van der Waals surface area contributed by atoms with Gasteiger partial charge in [-0.1, -0.05) is 97.1 Å². The van der Waals surface area contributed by atoms with Crippen molar-refractivity contribution in [3.8, 4) is 33.4 Å². The van der Waals surface area contributed by atoms with Crippen molar-refractivity contribution in [1.29, 1.82) is 0 Å². The first-order valence-electron chi connectivity index (χ1n) is 11.5. The molecule has 1 saturated heterocycles. The van der Waals surface area contributed by atoms with Crippen LogP contribution < -0.4 is 5.46 Å². The Morgan fingerprint density at radius 3 is 1.42 bits per heavy atom. The summed E-state index contributed by atoms with van der Waals surface area (Å²) in [5.74, 6) is 0. The Hall–Kier alpha value is -3.14. The molecule has 4 aromatic rings. The Morgan fingerprint density at radius 1 is 0.455 bits per heavy atom. The lowest BCUT2D eigenvalue weighted by molar-refractivity contribution is 0.00578. The minimum absolute atomic E-state index is 0.344. The first-order valence-corrected chi connectivity index (χ1v) is 11.5. The molecule has 0 radical (unpaired) electrons. The second-order valence-electron chi connectivity index (χ2n) is 9.74. The van der Waals surface area contributed by atoms with E-state index < -0.39 is 0 Å². The topological polar surface area (TPSA) is 18.5 Å². The molecule has 0 aromatic heterocycles. The summed E-state index contributed by atoms with van der Waals surface area (Å²) in [6.45, 7) is 8.34. The molecule has 33 heavy (non-hydrogen) atoms. The maximum atomic E-state index is 6.24. The average Bonchev–Trinajstić information content (AvgIpc) is 3.07. The molecule has 0 amide bonds. The summed E-state index contributed by atoms with van der Waals surface area (Å²) >= 11 is 0. The van der Waals surface area contributed by atoms with Crippen molar-refractivity contribution < 1.29 is 9.31 Å². The fourth-order valence-corrected chi connectivity index (χ4v) is 4.21. The molecule has 0 bridgehead atoms. The third kappa shape index (κ3) is 4.27. The summed E-state index contributed by atoms with van der Waals surface area (Å²) in [5, 5.41) is 0. The van der Waals surface area contributed by atoms with Gasteiger partial charge in [0.2, 0.25) is 0 Å². The van der Waals surface area contributed by atoms with E-state index in [0.29, 0.717) is 0 Å². The summed E-state index contributed by atoms with van der Waals surface area (Å²) in [6, 6.07) is 36.4. The lowest BCUT2D eigenvalue weighted by atomic mass is 9.78. The van der Waals surface area contributed by atoms with Gasteiger partial charge in [-0.2, -0.15) is 0 Å². The monoisotopic (exact) mass is 432 g/mol. The van der Waals surface area contributed by atoms with Crippen molar-refractivity contribution in [3.05, 3.63) is 103 Å². The SMILES string of the molecule is CC1(C)OB(c2cccc(-c3ccc(-c4cccc(-c5ccccc5)c4)cc3)c2)OC1(C)C. The highest BCUT2D eigenvalue weighted by Gasteiger charge is 2.51. The van der Waals surface area contributed by atoms with E-state index in [4.69, 9.17) is 9.31 Å². The zero-order valence-corrected chi connectivity index (χ0v) is 19.7. The Bertz CT molecular complexity index is 1240. The van der Waals surface area contributed by atoms with Crippen LogP contribution in [0.25, 0.3) is 33.4 Å². The molecule has 0 aliphatic carbocycles. The van der Waals surface area contributed by atoms with Gasteiger partial charge >= 0.3 is 7.12 Å². The maximum absolute atomic E-state index is 6.24. The highest BCUT2D eigenvalue weighted by molar-refractivity contribution is 6.62. The van der Waals surface area contributed by atoms with Gasteiger partial charge in [0.25, 0.3) is 0 Å². The van der Waals surface area contributed by atoms with E-state index in [9.17, 15) is 0 Å². The standard InChI is InChI=1S/C30H29BO2/c1-29(2)30(3,4)33-31(32-29)28-15-9-14-27(21-28)24-18-16-23(17-19-24)26-13-8-12-25(20-26)22-10-6-5-7-11-22/h5-21H,1-4H3. The van der Waals surface area contributed by atoms with Crippen molar-refractivity contribution in [2.75, 3.05) is 0 Å². The van der Waals surface area contributed by atoms with Crippen LogP contribution in [0.4, 0.5) is 0 Å². The van der Waals surface area contributed by atoms with E-state index in [1.54, 1.807) is 0 Å². The van der Waals surface area contributed by atoms with Gasteiger partial charge in [-0.05, 0) is 72.6 Å². The summed E-state index contributed by atoms with van der Waals surface area (Å²) in [6.07, 6.45) is 0. The van der Waals surface area contributed by atoms with Gasteiger partial charge in [0.05, 0.1) is 11.2 Å². The average molecular weight is 432 g/mol. The maximum Gasteiger partial charge on any atom is 0.494 e. The van der Waals surface area contributed by atoms with E-state index in [0.717, 1.165) is 11.0 Å². The molecule has 0 saturated carbocycles. The van der Waals surface area contributed by atoms with Crippen LogP contribution in [-0.2, 0) is 9.31 Å². The molecule has 4 aromatic carbocycles. The number of benzene rings is 4. The predicted molar refractivity (Wildman–Crippen MR) is 138 cm³/mol. The molecule has 1 heterocycles. The van der Waals surface area contributed by atoms with Gasteiger partial charge < -0.3 is 9.31 Å². The molecule has 5 rings (SSSR count). The number of hydrogen-bond acceptors (Lipinski definition) is 2. The smallest absolute Gasteiger partial charge is 0.399 e. The fraction of sp³-hybridized carbons (Fsp3) is 0.200. The summed E-state index contributed by atoms with van der Waals surface area (Å²) in [4.78, 5) is 0. The van der Waals surface area contributed by atoms with Crippen LogP contribution in [-0.4, -0.2) is 18.3 Å². The second-order valence-corrected chi connectivity index (χ2v) is 9.74. The Labute approximate surface area is 197 Å². The molecule has 3 heteroatoms. The van der Waals surface area contributed by atoms with Gasteiger partial charge in [-0.3, -0.25) is 0 Å². The van der Waals surface area contributed by atoms with E-state index in [1.807, 2.05) is 6.07 Å². The van der Waals surface area contributed by atoms with Gasteiger partial charge in [-0.15, -0.1) is 0 Å². The quantitative estimate of drug-likeness (QED) is 0.324. The summed E-state index contributed by atoms with van der Waals surface area (Å²) < 4.78 is 12.5. The molecule has 1 aliphatic rings. The zero-order valence-electron chi connectivity index (χ0n) is 19.7. The highest BCUT2D eigenvalue weighted by atomic mass is 16.7. The molecule has 0 N–H and O–H groups in total. The number of rotatable bonds is 4. The predicted octanol–water partition coefficient (Wildman–Crippen LogP) is 6.99. The highest BCUT2D eigenvalue weighted by Crippen LogP contribution is 2.37. The van der Waals surface area contributed by atoms with Crippen LogP contribution in [0.5, 0.6) is 0 Å². The largest absolute Gasteiger partial charge is 0.494 e. The van der Waals surface area contributed by atoms with Crippen LogP contribution in [0, 0.1) is 0 Å². The minimum Gasteiger partial charge on any atom is -0.399 e. The lowest BCUT2D eigenvalue weighted by Gasteiger charge is -2.32. The molecule has 0 unspecified atom stereocenters. The molecule has 1 fully saturated rings. The zero-order chi connectivity index (χ0) is 23.1. The lowest BCUT2D eigenvalue weighted by Crippen LogP contribution is -2.41. The molecule has 0 atom stereocenters. The van der Waals surface area contributed by atoms with Gasteiger partial charge in [-0.25, -0.2) is 0 Å². The van der Waals surface area contributed by atoms with Crippen molar-refractivity contribution in [2.45, 2.75) is 38.9 Å². The molecule has 0 spiro atoms. The van der Waals surface area contributed by atoms with Crippen LogP contribution in [0.15, 0.2) is 103 Å². The number of hydrogen-bond donors (Lipinski definition) is 0. The Balaban J connectivity index is 1.40. The first-order chi connectivity index (χ1) is 15.8. The van der Waals surface area contributed by atoms with Crippen molar-refractivity contribution in [2.24, 2.45) is 0 Å². The van der Waals surface area contributed by atoms with Crippen LogP contribution in [0.1, 0.15) is 27.7 Å². The van der Waals surface area contributed by atoms with Gasteiger partial charge in [0, 0.05) is 0 Å². The minimum atomic E-state index is -0.352. The second kappa shape index (κ2) is 8.33. The third-order valence-corrected chi connectivity index (χ3v) is 6.93. The Morgan fingerprint density at radius 2 is 0.879 bits per heavy atom. The van der Waals surface area contributed by atoms with Crippen LogP contribution in [0.2, 0.25) is 0 Å².